The predicted octanol–water partition coefficient (Wildman–Crippen LogP) is 6.37. The number of anilines is 1. The minimum Gasteiger partial charge on any atom is -0.488 e. The predicted molar refractivity (Wildman–Crippen MR) is 135 cm³/mol. The van der Waals surface area contributed by atoms with Gasteiger partial charge in [-0.2, -0.15) is 0 Å². The summed E-state index contributed by atoms with van der Waals surface area (Å²) in [6.07, 6.45) is 4.22. The van der Waals surface area contributed by atoms with Gasteiger partial charge in [-0.1, -0.05) is 72.8 Å². The van der Waals surface area contributed by atoms with Gasteiger partial charge in [0, 0.05) is 30.4 Å². The number of fused-ring (bicyclic) bond motifs is 2. The normalized spacial score (nSPS) is 13.7. The molecule has 0 spiro atoms. The lowest BCUT2D eigenvalue weighted by Gasteiger charge is -2.18. The maximum atomic E-state index is 6.22. The highest BCUT2D eigenvalue weighted by Crippen LogP contribution is 2.25. The van der Waals surface area contributed by atoms with Gasteiger partial charge in [0.2, 0.25) is 0 Å². The lowest BCUT2D eigenvalue weighted by atomic mass is 10.1. The molecule has 1 aliphatic rings. The molecule has 0 atom stereocenters. The highest BCUT2D eigenvalue weighted by atomic mass is 16.5. The topological polar surface area (TPSA) is 24.8 Å². The summed E-state index contributed by atoms with van der Waals surface area (Å²) in [4.78, 5) is 7.09. The SMILES string of the molecule is CN1CCN=C(/C=C/c2ccccc2OCc2ccc3ccccc3c2)c2ccccc21. The van der Waals surface area contributed by atoms with Crippen molar-refractivity contribution in [1.29, 1.82) is 0 Å². The third-order valence-corrected chi connectivity index (χ3v) is 5.86. The Morgan fingerprint density at radius 1 is 0.844 bits per heavy atom. The number of para-hydroxylation sites is 2. The molecule has 0 radical (unpaired) electrons. The van der Waals surface area contributed by atoms with Crippen LogP contribution >= 0.6 is 0 Å². The maximum Gasteiger partial charge on any atom is 0.127 e. The zero-order chi connectivity index (χ0) is 21.8. The summed E-state index contributed by atoms with van der Waals surface area (Å²) in [5.41, 5.74) is 5.60. The number of aliphatic imine (C=N–C) groups is 1. The molecule has 0 bridgehead atoms. The minimum absolute atomic E-state index is 0.532. The van der Waals surface area contributed by atoms with E-state index >= 15 is 0 Å². The first kappa shape index (κ1) is 20.1. The van der Waals surface area contributed by atoms with Crippen molar-refractivity contribution < 1.29 is 4.74 Å². The van der Waals surface area contributed by atoms with Crippen LogP contribution in [0.2, 0.25) is 0 Å². The fourth-order valence-corrected chi connectivity index (χ4v) is 4.10. The van der Waals surface area contributed by atoms with Gasteiger partial charge in [-0.3, -0.25) is 4.99 Å². The molecule has 0 fully saturated rings. The zero-order valence-corrected chi connectivity index (χ0v) is 18.2. The third-order valence-electron chi connectivity index (χ3n) is 5.86. The van der Waals surface area contributed by atoms with E-state index in [9.17, 15) is 0 Å². The van der Waals surface area contributed by atoms with Gasteiger partial charge >= 0.3 is 0 Å². The number of likely N-dealkylation sites (N-methyl/N-ethyl adjacent to an activating group) is 1. The largest absolute Gasteiger partial charge is 0.488 e. The van der Waals surface area contributed by atoms with Crippen LogP contribution in [0.25, 0.3) is 16.8 Å². The molecule has 4 aromatic rings. The van der Waals surface area contributed by atoms with Crippen molar-refractivity contribution >= 4 is 28.2 Å². The van der Waals surface area contributed by atoms with Crippen LogP contribution in [-0.2, 0) is 6.61 Å². The van der Waals surface area contributed by atoms with Gasteiger partial charge in [0.15, 0.2) is 0 Å². The zero-order valence-electron chi connectivity index (χ0n) is 18.2. The van der Waals surface area contributed by atoms with Crippen LogP contribution in [0.5, 0.6) is 5.75 Å². The van der Waals surface area contributed by atoms with E-state index in [4.69, 9.17) is 9.73 Å². The second kappa shape index (κ2) is 9.11. The summed E-state index contributed by atoms with van der Waals surface area (Å²) in [6, 6.07) is 31.5. The molecule has 5 rings (SSSR count). The Hall–Kier alpha value is -3.85. The van der Waals surface area contributed by atoms with Crippen molar-refractivity contribution in [3.63, 3.8) is 0 Å². The summed E-state index contributed by atoms with van der Waals surface area (Å²) >= 11 is 0. The number of nitrogens with zero attached hydrogens (tertiary/aromatic N) is 2. The van der Waals surface area contributed by atoms with Crippen LogP contribution in [0.15, 0.2) is 102 Å². The van der Waals surface area contributed by atoms with E-state index in [1.54, 1.807) is 0 Å². The van der Waals surface area contributed by atoms with Crippen molar-refractivity contribution in [3.05, 3.63) is 114 Å². The van der Waals surface area contributed by atoms with Gasteiger partial charge in [-0.15, -0.1) is 0 Å². The quantitative estimate of drug-likeness (QED) is 0.376. The molecule has 1 heterocycles. The smallest absolute Gasteiger partial charge is 0.127 e. The molecule has 3 heteroatoms. The number of allylic oxidation sites excluding steroid dienone is 1. The Kier molecular flexibility index (Phi) is 5.71. The molecule has 0 saturated carbocycles. The van der Waals surface area contributed by atoms with Crippen LogP contribution in [0.4, 0.5) is 5.69 Å². The van der Waals surface area contributed by atoms with E-state index in [1.165, 1.54) is 22.0 Å². The van der Waals surface area contributed by atoms with E-state index in [0.29, 0.717) is 6.61 Å². The second-order valence-electron chi connectivity index (χ2n) is 8.05. The number of benzodiazepines with no additional fused rings is 1. The van der Waals surface area contributed by atoms with Crippen LogP contribution in [0.1, 0.15) is 16.7 Å². The molecule has 0 aromatic heterocycles. The monoisotopic (exact) mass is 418 g/mol. The highest BCUT2D eigenvalue weighted by molar-refractivity contribution is 6.14. The first-order chi connectivity index (χ1) is 15.8. The summed E-state index contributed by atoms with van der Waals surface area (Å²) in [5.74, 6) is 0.872. The first-order valence-electron chi connectivity index (χ1n) is 11.0. The second-order valence-corrected chi connectivity index (χ2v) is 8.05. The number of rotatable bonds is 5. The molecule has 0 unspecified atom stereocenters. The Balaban J connectivity index is 1.37. The standard InChI is InChI=1S/C29H26N2O/c1-31-19-18-30-27(26-11-5-6-12-28(26)31)17-16-24-9-4-7-13-29(24)32-21-22-14-15-23-8-2-3-10-25(23)20-22/h2-17,20H,18-19,21H2,1H3/b17-16+. The highest BCUT2D eigenvalue weighted by Gasteiger charge is 2.13. The van der Waals surface area contributed by atoms with Crippen LogP contribution in [0, 0.1) is 0 Å². The average Bonchev–Trinajstić information content (AvgIpc) is 3.00. The van der Waals surface area contributed by atoms with Gasteiger partial charge < -0.3 is 9.64 Å². The Bertz CT molecular complexity index is 1310. The molecular formula is C29H26N2O. The molecule has 4 aromatic carbocycles. The van der Waals surface area contributed by atoms with E-state index in [1.807, 2.05) is 18.2 Å². The van der Waals surface area contributed by atoms with Crippen molar-refractivity contribution in [2.24, 2.45) is 4.99 Å². The van der Waals surface area contributed by atoms with Crippen LogP contribution in [-0.4, -0.2) is 25.8 Å². The van der Waals surface area contributed by atoms with Gasteiger partial charge in [-0.05, 0) is 46.7 Å². The summed E-state index contributed by atoms with van der Waals surface area (Å²) in [7, 11) is 2.12. The molecule has 32 heavy (non-hydrogen) atoms. The fourth-order valence-electron chi connectivity index (χ4n) is 4.10. The molecule has 0 aliphatic carbocycles. The van der Waals surface area contributed by atoms with E-state index in [2.05, 4.69) is 96.9 Å². The number of hydrogen-bond donors (Lipinski definition) is 0. The number of benzene rings is 4. The average molecular weight is 419 g/mol. The van der Waals surface area contributed by atoms with Gasteiger partial charge in [0.1, 0.15) is 12.4 Å². The summed E-state index contributed by atoms with van der Waals surface area (Å²) < 4.78 is 6.22. The van der Waals surface area contributed by atoms with Crippen molar-refractivity contribution in [3.8, 4) is 5.75 Å². The summed E-state index contributed by atoms with van der Waals surface area (Å²) in [6.45, 7) is 2.23. The molecular weight excluding hydrogens is 392 g/mol. The Labute approximate surface area is 189 Å². The van der Waals surface area contributed by atoms with E-state index in [-0.39, 0.29) is 0 Å². The molecule has 0 amide bonds. The van der Waals surface area contributed by atoms with Crippen molar-refractivity contribution in [2.45, 2.75) is 6.61 Å². The van der Waals surface area contributed by atoms with Gasteiger partial charge in [-0.25, -0.2) is 0 Å². The van der Waals surface area contributed by atoms with E-state index < -0.39 is 0 Å². The molecule has 0 saturated heterocycles. The first-order valence-corrected chi connectivity index (χ1v) is 11.0. The Morgan fingerprint density at radius 3 is 2.56 bits per heavy atom. The fraction of sp³-hybridized carbons (Fsp3) is 0.138. The van der Waals surface area contributed by atoms with Crippen LogP contribution < -0.4 is 9.64 Å². The number of ether oxygens (including phenoxy) is 1. The third kappa shape index (κ3) is 4.28. The molecule has 1 aliphatic heterocycles. The Morgan fingerprint density at radius 2 is 1.62 bits per heavy atom. The minimum atomic E-state index is 0.532. The van der Waals surface area contributed by atoms with Crippen molar-refractivity contribution in [1.82, 2.24) is 0 Å². The maximum absolute atomic E-state index is 6.22. The lowest BCUT2D eigenvalue weighted by Crippen LogP contribution is -2.20. The lowest BCUT2D eigenvalue weighted by molar-refractivity contribution is 0.306. The van der Waals surface area contributed by atoms with Gasteiger partial charge in [0.25, 0.3) is 0 Å². The van der Waals surface area contributed by atoms with Crippen molar-refractivity contribution in [2.75, 3.05) is 25.0 Å². The van der Waals surface area contributed by atoms with Crippen LogP contribution in [0.3, 0.4) is 0 Å². The molecule has 0 N–H and O–H groups in total. The summed E-state index contributed by atoms with van der Waals surface area (Å²) in [5, 5.41) is 2.48. The van der Waals surface area contributed by atoms with E-state index in [0.717, 1.165) is 35.7 Å². The van der Waals surface area contributed by atoms with Gasteiger partial charge in [0.05, 0.1) is 12.3 Å². The molecule has 3 nitrogen and oxygen atoms in total. The molecule has 158 valence electrons. The number of hydrogen-bond acceptors (Lipinski definition) is 3.